The minimum atomic E-state index is -0.771. The number of para-hydroxylation sites is 1. The number of hydrogen-bond donors (Lipinski definition) is 1. The van der Waals surface area contributed by atoms with Crippen molar-refractivity contribution in [2.75, 3.05) is 33.4 Å². The number of aromatic nitrogens is 2. The third-order valence-electron chi connectivity index (χ3n) is 6.43. The van der Waals surface area contributed by atoms with E-state index in [0.29, 0.717) is 35.4 Å². The van der Waals surface area contributed by atoms with E-state index in [2.05, 4.69) is 27.3 Å². The highest BCUT2D eigenvalue weighted by molar-refractivity contribution is 5.84. The Hall–Kier alpha value is -3.56. The highest BCUT2D eigenvalue weighted by atomic mass is 16.5. The Balaban J connectivity index is 1.49. The van der Waals surface area contributed by atoms with Gasteiger partial charge in [-0.1, -0.05) is 30.3 Å². The topological polar surface area (TPSA) is 103 Å². The van der Waals surface area contributed by atoms with E-state index in [-0.39, 0.29) is 24.3 Å². The number of carbonyl (C=O) groups excluding carboxylic acids is 2. The van der Waals surface area contributed by atoms with Crippen LogP contribution in [0.1, 0.15) is 35.8 Å². The fraction of sp³-hybridized carbons (Fsp3) is 0.407. The van der Waals surface area contributed by atoms with Gasteiger partial charge >= 0.3 is 0 Å². The number of benzene rings is 2. The number of nitrogens with one attached hydrogen (secondary N) is 1. The van der Waals surface area contributed by atoms with Gasteiger partial charge in [0.15, 0.2) is 0 Å². The van der Waals surface area contributed by atoms with Gasteiger partial charge in [-0.15, -0.1) is 0 Å². The highest BCUT2D eigenvalue weighted by Crippen LogP contribution is 2.24. The van der Waals surface area contributed by atoms with E-state index in [9.17, 15) is 14.4 Å². The van der Waals surface area contributed by atoms with Gasteiger partial charge in [0.2, 0.25) is 5.91 Å². The molecule has 1 N–H and O–H groups in total. The van der Waals surface area contributed by atoms with Crippen molar-refractivity contribution >= 4 is 23.1 Å². The largest absolute Gasteiger partial charge is 0.487 e. The van der Waals surface area contributed by atoms with Gasteiger partial charge in [0.1, 0.15) is 30.0 Å². The van der Waals surface area contributed by atoms with Crippen molar-refractivity contribution in [1.82, 2.24) is 19.8 Å². The first-order chi connectivity index (χ1) is 17.5. The molecule has 4 rings (SSSR count). The number of fused-ring (bicyclic) bond motifs is 1. The molecule has 9 heteroatoms. The van der Waals surface area contributed by atoms with E-state index in [1.807, 2.05) is 12.1 Å². The molecule has 1 aliphatic rings. The molecule has 1 saturated heterocycles. The number of amides is 1. The van der Waals surface area contributed by atoms with Gasteiger partial charge in [0, 0.05) is 33.1 Å². The summed E-state index contributed by atoms with van der Waals surface area (Å²) < 4.78 is 12.8. The summed E-state index contributed by atoms with van der Waals surface area (Å²) in [6.07, 6.45) is 1.04. The Morgan fingerprint density at radius 1 is 1.17 bits per heavy atom. The van der Waals surface area contributed by atoms with E-state index in [1.54, 1.807) is 25.1 Å². The maximum absolute atomic E-state index is 13.3. The van der Waals surface area contributed by atoms with Crippen LogP contribution in [-0.2, 0) is 27.5 Å². The number of nitrogens with zero attached hydrogens (tertiary/aromatic N) is 3. The van der Waals surface area contributed by atoms with Crippen LogP contribution in [0.2, 0.25) is 0 Å². The summed E-state index contributed by atoms with van der Waals surface area (Å²) in [6.45, 7) is 6.37. The van der Waals surface area contributed by atoms with Crippen LogP contribution < -0.4 is 15.6 Å². The van der Waals surface area contributed by atoms with E-state index in [1.165, 1.54) is 17.2 Å². The maximum atomic E-state index is 13.3. The second-order valence-corrected chi connectivity index (χ2v) is 8.90. The number of aldehydes is 1. The van der Waals surface area contributed by atoms with Crippen LogP contribution in [0, 0.1) is 6.92 Å². The molecule has 36 heavy (non-hydrogen) atoms. The van der Waals surface area contributed by atoms with Gasteiger partial charge < -0.3 is 19.6 Å². The maximum Gasteiger partial charge on any atom is 0.262 e. The normalized spacial score (nSPS) is 14.9. The van der Waals surface area contributed by atoms with Gasteiger partial charge in [-0.25, -0.2) is 4.98 Å². The minimum Gasteiger partial charge on any atom is -0.487 e. The molecule has 0 radical (unpaired) electrons. The third kappa shape index (κ3) is 5.98. The monoisotopic (exact) mass is 492 g/mol. The lowest BCUT2D eigenvalue weighted by molar-refractivity contribution is -0.121. The van der Waals surface area contributed by atoms with Gasteiger partial charge in [-0.05, 0) is 36.6 Å². The lowest BCUT2D eigenvalue weighted by Gasteiger charge is -2.26. The van der Waals surface area contributed by atoms with E-state index >= 15 is 0 Å². The van der Waals surface area contributed by atoms with Gasteiger partial charge in [-0.3, -0.25) is 19.1 Å². The van der Waals surface area contributed by atoms with Crippen LogP contribution in [-0.4, -0.2) is 60.0 Å². The number of hydrogen-bond acceptors (Lipinski definition) is 7. The Morgan fingerprint density at radius 2 is 1.89 bits per heavy atom. The molecule has 0 saturated carbocycles. The van der Waals surface area contributed by atoms with Crippen LogP contribution in [0.4, 0.5) is 0 Å². The molecular formula is C27H32N4O5. The summed E-state index contributed by atoms with van der Waals surface area (Å²) >= 11 is 0. The van der Waals surface area contributed by atoms with E-state index < -0.39 is 6.04 Å². The molecule has 0 bridgehead atoms. The molecule has 1 atom stereocenters. The molecule has 1 aromatic heterocycles. The third-order valence-corrected chi connectivity index (χ3v) is 6.43. The fourth-order valence-electron chi connectivity index (χ4n) is 4.39. The molecule has 9 nitrogen and oxygen atoms in total. The van der Waals surface area contributed by atoms with Gasteiger partial charge in [0.05, 0.1) is 24.6 Å². The first-order valence-electron chi connectivity index (χ1n) is 12.2. The summed E-state index contributed by atoms with van der Waals surface area (Å²) in [6, 6.07) is 12.7. The standard InChI is InChI=1S/C27H32N4O5/c1-19-29-26-23(27(34)31(19)22(17-32)10-11-25(33)28-2)4-3-5-24(26)36-18-21-8-6-20(7-9-21)16-30-12-14-35-15-13-30/h3-9,17,22H,10-16,18H2,1-2H3,(H,28,33). The Labute approximate surface area is 210 Å². The highest BCUT2D eigenvalue weighted by Gasteiger charge is 2.19. The molecular weight excluding hydrogens is 460 g/mol. The van der Waals surface area contributed by atoms with Crippen molar-refractivity contribution in [2.24, 2.45) is 0 Å². The van der Waals surface area contributed by atoms with Gasteiger partial charge in [0.25, 0.3) is 5.56 Å². The molecule has 1 unspecified atom stereocenters. The Morgan fingerprint density at radius 3 is 2.58 bits per heavy atom. The quantitative estimate of drug-likeness (QED) is 0.434. The molecule has 2 aromatic carbocycles. The summed E-state index contributed by atoms with van der Waals surface area (Å²) in [5.74, 6) is 0.710. The first-order valence-corrected chi connectivity index (χ1v) is 12.2. The number of morpholine rings is 1. The van der Waals surface area contributed by atoms with Crippen LogP contribution >= 0.6 is 0 Å². The lowest BCUT2D eigenvalue weighted by Crippen LogP contribution is -2.35. The SMILES string of the molecule is CNC(=O)CCC(C=O)n1c(C)nc2c(OCc3ccc(CN4CCOCC4)cc3)cccc2c1=O. The average molecular weight is 493 g/mol. The van der Waals surface area contributed by atoms with Crippen LogP contribution in [0.15, 0.2) is 47.3 Å². The molecule has 2 heterocycles. The van der Waals surface area contributed by atoms with Crippen LogP contribution in [0.3, 0.4) is 0 Å². The lowest BCUT2D eigenvalue weighted by atomic mass is 10.1. The predicted molar refractivity (Wildman–Crippen MR) is 136 cm³/mol. The number of aryl methyl sites for hydroxylation is 1. The van der Waals surface area contributed by atoms with Crippen LogP contribution in [0.5, 0.6) is 5.75 Å². The Kier molecular flexibility index (Phi) is 8.45. The van der Waals surface area contributed by atoms with Crippen molar-refractivity contribution in [3.05, 3.63) is 69.8 Å². The second kappa shape index (κ2) is 11.9. The summed E-state index contributed by atoms with van der Waals surface area (Å²) in [5.41, 5.74) is 2.38. The Bertz CT molecular complexity index is 1270. The van der Waals surface area contributed by atoms with Crippen molar-refractivity contribution in [3.8, 4) is 5.75 Å². The smallest absolute Gasteiger partial charge is 0.262 e. The molecule has 0 spiro atoms. The second-order valence-electron chi connectivity index (χ2n) is 8.90. The molecule has 190 valence electrons. The zero-order chi connectivity index (χ0) is 25.5. The van der Waals surface area contributed by atoms with Crippen LogP contribution in [0.25, 0.3) is 10.9 Å². The molecule has 1 amide bonds. The van der Waals surface area contributed by atoms with Crippen molar-refractivity contribution < 1.29 is 19.1 Å². The van der Waals surface area contributed by atoms with Gasteiger partial charge in [-0.2, -0.15) is 0 Å². The first kappa shape index (κ1) is 25.5. The molecule has 1 aliphatic heterocycles. The molecule has 0 aliphatic carbocycles. The zero-order valence-corrected chi connectivity index (χ0v) is 20.7. The van der Waals surface area contributed by atoms with Crippen molar-refractivity contribution in [1.29, 1.82) is 0 Å². The predicted octanol–water partition coefficient (Wildman–Crippen LogP) is 2.38. The summed E-state index contributed by atoms with van der Waals surface area (Å²) in [5, 5.41) is 2.90. The number of ether oxygens (including phenoxy) is 2. The average Bonchev–Trinajstić information content (AvgIpc) is 2.90. The molecule has 1 fully saturated rings. The zero-order valence-electron chi connectivity index (χ0n) is 20.7. The minimum absolute atomic E-state index is 0.137. The van der Waals surface area contributed by atoms with Crippen molar-refractivity contribution in [2.45, 2.75) is 39.0 Å². The molecule has 3 aromatic rings. The number of rotatable bonds is 10. The van der Waals surface area contributed by atoms with E-state index in [4.69, 9.17) is 9.47 Å². The summed E-state index contributed by atoms with van der Waals surface area (Å²) in [4.78, 5) is 43.7. The van der Waals surface area contributed by atoms with Crippen molar-refractivity contribution in [3.63, 3.8) is 0 Å². The van der Waals surface area contributed by atoms with E-state index in [0.717, 1.165) is 38.4 Å². The summed E-state index contributed by atoms with van der Waals surface area (Å²) in [7, 11) is 1.54. The fourth-order valence-corrected chi connectivity index (χ4v) is 4.39. The number of carbonyl (C=O) groups is 2.